The first-order valence-electron chi connectivity index (χ1n) is 8.85. The summed E-state index contributed by atoms with van der Waals surface area (Å²) in [7, 11) is 1.39. The molecule has 0 amide bonds. The summed E-state index contributed by atoms with van der Waals surface area (Å²) in [5.41, 5.74) is 4.73. The Morgan fingerprint density at radius 2 is 1.81 bits per heavy atom. The fraction of sp³-hybridized carbons (Fsp3) is 0.273. The standard InChI is InChI=1S/C22H21NO3/c1-13(24)16-10-11-20-19(12-16)17-4-3-5-18(17)21(23-20)14-6-8-15(9-7-14)22(25)26-2/h3-4,6-12,17-18,21,23H,5H2,1-2H3/t17-,18-,21+/m1/s1. The Balaban J connectivity index is 1.69. The highest BCUT2D eigenvalue weighted by molar-refractivity contribution is 5.95. The number of nitrogens with one attached hydrogen (secondary N) is 1. The molecule has 26 heavy (non-hydrogen) atoms. The van der Waals surface area contributed by atoms with E-state index in [0.29, 0.717) is 17.4 Å². The highest BCUT2D eigenvalue weighted by Gasteiger charge is 2.38. The number of esters is 1. The van der Waals surface area contributed by atoms with Gasteiger partial charge in [-0.2, -0.15) is 0 Å². The molecule has 0 radical (unpaired) electrons. The van der Waals surface area contributed by atoms with Gasteiger partial charge in [-0.15, -0.1) is 0 Å². The summed E-state index contributed by atoms with van der Waals surface area (Å²) in [5, 5.41) is 3.65. The molecule has 0 saturated heterocycles. The lowest BCUT2D eigenvalue weighted by Crippen LogP contribution is -2.29. The number of ether oxygens (including phenoxy) is 1. The number of rotatable bonds is 3. The van der Waals surface area contributed by atoms with Crippen LogP contribution in [0.3, 0.4) is 0 Å². The highest BCUT2D eigenvalue weighted by atomic mass is 16.5. The molecule has 1 N–H and O–H groups in total. The topological polar surface area (TPSA) is 55.4 Å². The quantitative estimate of drug-likeness (QED) is 0.504. The van der Waals surface area contributed by atoms with Gasteiger partial charge >= 0.3 is 5.97 Å². The van der Waals surface area contributed by atoms with Gasteiger partial charge in [0.25, 0.3) is 0 Å². The lowest BCUT2D eigenvalue weighted by molar-refractivity contribution is 0.0600. The Bertz CT molecular complexity index is 898. The largest absolute Gasteiger partial charge is 0.465 e. The Morgan fingerprint density at radius 3 is 2.50 bits per heavy atom. The predicted octanol–water partition coefficient (Wildman–Crippen LogP) is 4.50. The average molecular weight is 347 g/mol. The lowest BCUT2D eigenvalue weighted by atomic mass is 9.76. The smallest absolute Gasteiger partial charge is 0.337 e. The number of ketones is 1. The molecular weight excluding hydrogens is 326 g/mol. The van der Waals surface area contributed by atoms with E-state index in [0.717, 1.165) is 23.2 Å². The molecular formula is C22H21NO3. The summed E-state index contributed by atoms with van der Waals surface area (Å²) in [5.74, 6) is 0.465. The number of carbonyl (C=O) groups excluding carboxylic acids is 2. The van der Waals surface area contributed by atoms with E-state index in [1.807, 2.05) is 42.5 Å². The molecule has 1 heterocycles. The average Bonchev–Trinajstić information content (AvgIpc) is 3.16. The van der Waals surface area contributed by atoms with Crippen LogP contribution in [0.1, 0.15) is 57.1 Å². The van der Waals surface area contributed by atoms with Crippen molar-refractivity contribution >= 4 is 17.4 Å². The van der Waals surface area contributed by atoms with E-state index in [2.05, 4.69) is 17.5 Å². The summed E-state index contributed by atoms with van der Waals surface area (Å²) >= 11 is 0. The summed E-state index contributed by atoms with van der Waals surface area (Å²) in [4.78, 5) is 23.4. The SMILES string of the molecule is COC(=O)c1ccc([C@@H]2Nc3ccc(C(C)=O)cc3[C@@H]3C=CC[C@H]32)cc1. The molecule has 0 fully saturated rings. The number of fused-ring (bicyclic) bond motifs is 3. The molecule has 4 rings (SSSR count). The zero-order chi connectivity index (χ0) is 18.3. The maximum atomic E-state index is 11.7. The van der Waals surface area contributed by atoms with Gasteiger partial charge in [-0.1, -0.05) is 24.3 Å². The van der Waals surface area contributed by atoms with Crippen molar-refractivity contribution in [1.29, 1.82) is 0 Å². The monoisotopic (exact) mass is 347 g/mol. The minimum atomic E-state index is -0.323. The number of allylic oxidation sites excluding steroid dienone is 2. The molecule has 1 aliphatic carbocycles. The minimum absolute atomic E-state index is 0.0897. The zero-order valence-electron chi connectivity index (χ0n) is 14.9. The van der Waals surface area contributed by atoms with Crippen LogP contribution in [0.15, 0.2) is 54.6 Å². The van der Waals surface area contributed by atoms with Crippen LogP contribution >= 0.6 is 0 Å². The Hall–Kier alpha value is -2.88. The van der Waals surface area contributed by atoms with Crippen molar-refractivity contribution in [2.45, 2.75) is 25.3 Å². The maximum Gasteiger partial charge on any atom is 0.337 e. The van der Waals surface area contributed by atoms with Crippen molar-refractivity contribution in [2.75, 3.05) is 12.4 Å². The molecule has 1 aliphatic heterocycles. The molecule has 132 valence electrons. The number of methoxy groups -OCH3 is 1. The molecule has 0 aromatic heterocycles. The van der Waals surface area contributed by atoms with Crippen LogP contribution in [-0.2, 0) is 4.74 Å². The summed E-state index contributed by atoms with van der Waals surface area (Å²) in [6, 6.07) is 13.7. The lowest BCUT2D eigenvalue weighted by Gasteiger charge is -2.37. The van der Waals surface area contributed by atoms with E-state index in [-0.39, 0.29) is 17.8 Å². The van der Waals surface area contributed by atoms with E-state index >= 15 is 0 Å². The van der Waals surface area contributed by atoms with E-state index in [4.69, 9.17) is 4.74 Å². The molecule has 0 unspecified atom stereocenters. The molecule has 2 aromatic rings. The van der Waals surface area contributed by atoms with Crippen LogP contribution in [0.5, 0.6) is 0 Å². The van der Waals surface area contributed by atoms with Crippen LogP contribution in [-0.4, -0.2) is 18.9 Å². The van der Waals surface area contributed by atoms with Gasteiger partial charge in [0.2, 0.25) is 0 Å². The molecule has 3 atom stereocenters. The Morgan fingerprint density at radius 1 is 1.08 bits per heavy atom. The van der Waals surface area contributed by atoms with Crippen molar-refractivity contribution in [1.82, 2.24) is 0 Å². The summed E-state index contributed by atoms with van der Waals surface area (Å²) in [6.45, 7) is 1.60. The second-order valence-corrected chi connectivity index (χ2v) is 6.95. The summed E-state index contributed by atoms with van der Waals surface area (Å²) < 4.78 is 4.78. The number of benzene rings is 2. The molecule has 4 heteroatoms. The second-order valence-electron chi connectivity index (χ2n) is 6.95. The van der Waals surface area contributed by atoms with E-state index in [9.17, 15) is 9.59 Å². The van der Waals surface area contributed by atoms with E-state index in [1.165, 1.54) is 12.7 Å². The number of carbonyl (C=O) groups is 2. The van der Waals surface area contributed by atoms with Gasteiger partial charge in [0.1, 0.15) is 0 Å². The normalized spacial score (nSPS) is 22.9. The van der Waals surface area contributed by atoms with Gasteiger partial charge in [0.05, 0.1) is 18.7 Å². The van der Waals surface area contributed by atoms with Crippen LogP contribution in [0.25, 0.3) is 0 Å². The molecule has 0 spiro atoms. The van der Waals surface area contributed by atoms with Crippen molar-refractivity contribution in [3.8, 4) is 0 Å². The maximum absolute atomic E-state index is 11.7. The van der Waals surface area contributed by atoms with Crippen LogP contribution in [0, 0.1) is 5.92 Å². The van der Waals surface area contributed by atoms with E-state index in [1.54, 1.807) is 6.92 Å². The summed E-state index contributed by atoms with van der Waals surface area (Å²) in [6.07, 6.45) is 5.47. The zero-order valence-corrected chi connectivity index (χ0v) is 14.9. The molecule has 2 aliphatic rings. The van der Waals surface area contributed by atoms with Crippen molar-refractivity contribution in [3.63, 3.8) is 0 Å². The molecule has 0 saturated carbocycles. The third-order valence-electron chi connectivity index (χ3n) is 5.46. The third-order valence-corrected chi connectivity index (χ3v) is 5.46. The van der Waals surface area contributed by atoms with Crippen molar-refractivity contribution in [3.05, 3.63) is 76.9 Å². The van der Waals surface area contributed by atoms with Gasteiger partial charge in [0.15, 0.2) is 5.78 Å². The van der Waals surface area contributed by atoms with Gasteiger partial charge in [0, 0.05) is 17.2 Å². The van der Waals surface area contributed by atoms with Gasteiger partial charge in [-0.05, 0) is 60.7 Å². The first-order valence-corrected chi connectivity index (χ1v) is 8.85. The van der Waals surface area contributed by atoms with Gasteiger partial charge < -0.3 is 10.1 Å². The number of Topliss-reactive ketones (excluding diaryl/α,β-unsaturated/α-hetero) is 1. The third kappa shape index (κ3) is 2.71. The van der Waals surface area contributed by atoms with Crippen LogP contribution in [0.4, 0.5) is 5.69 Å². The predicted molar refractivity (Wildman–Crippen MR) is 101 cm³/mol. The minimum Gasteiger partial charge on any atom is -0.465 e. The van der Waals surface area contributed by atoms with E-state index < -0.39 is 0 Å². The molecule has 0 bridgehead atoms. The van der Waals surface area contributed by atoms with Crippen LogP contribution in [0.2, 0.25) is 0 Å². The number of hydrogen-bond donors (Lipinski definition) is 1. The Labute approximate surface area is 152 Å². The number of anilines is 1. The number of hydrogen-bond acceptors (Lipinski definition) is 4. The highest BCUT2D eigenvalue weighted by Crippen LogP contribution is 2.49. The van der Waals surface area contributed by atoms with Crippen molar-refractivity contribution < 1.29 is 14.3 Å². The fourth-order valence-corrected chi connectivity index (χ4v) is 4.09. The van der Waals surface area contributed by atoms with Gasteiger partial charge in [-0.25, -0.2) is 4.79 Å². The Kier molecular flexibility index (Phi) is 4.11. The van der Waals surface area contributed by atoms with Crippen molar-refractivity contribution in [2.24, 2.45) is 5.92 Å². The first-order chi connectivity index (χ1) is 12.6. The molecule has 4 nitrogen and oxygen atoms in total. The fourth-order valence-electron chi connectivity index (χ4n) is 4.09. The second kappa shape index (κ2) is 6.45. The van der Waals surface area contributed by atoms with Crippen LogP contribution < -0.4 is 5.32 Å². The molecule has 2 aromatic carbocycles. The first kappa shape index (κ1) is 16.6. The van der Waals surface area contributed by atoms with Gasteiger partial charge in [-0.3, -0.25) is 4.79 Å².